The summed E-state index contributed by atoms with van der Waals surface area (Å²) in [5.74, 6) is -0.567. The number of thiocarbonyl (C=S) groups is 1. The van der Waals surface area contributed by atoms with E-state index in [1.54, 1.807) is 61.5 Å². The SMILES string of the molecule is CCOC(=O)c1ccc(/C=C2\SC(=S)N(c3cccc(Cl)c3)C2=O)cc1. The smallest absolute Gasteiger partial charge is 0.338 e. The number of anilines is 1. The summed E-state index contributed by atoms with van der Waals surface area (Å²) in [5.41, 5.74) is 1.90. The van der Waals surface area contributed by atoms with Crippen molar-refractivity contribution in [2.45, 2.75) is 6.92 Å². The van der Waals surface area contributed by atoms with Crippen molar-refractivity contribution in [2.75, 3.05) is 11.5 Å². The van der Waals surface area contributed by atoms with Gasteiger partial charge in [-0.05, 0) is 48.9 Å². The largest absolute Gasteiger partial charge is 0.462 e. The van der Waals surface area contributed by atoms with E-state index in [1.165, 1.54) is 16.7 Å². The second-order valence-corrected chi connectivity index (χ2v) is 7.45. The van der Waals surface area contributed by atoms with Crippen LogP contribution in [0, 0.1) is 0 Å². The molecule has 0 spiro atoms. The van der Waals surface area contributed by atoms with Crippen LogP contribution < -0.4 is 4.90 Å². The minimum absolute atomic E-state index is 0.197. The van der Waals surface area contributed by atoms with Crippen LogP contribution in [0.2, 0.25) is 5.02 Å². The minimum atomic E-state index is -0.369. The first-order valence-electron chi connectivity index (χ1n) is 7.80. The molecular weight excluding hydrogens is 390 g/mol. The Balaban J connectivity index is 1.83. The van der Waals surface area contributed by atoms with Gasteiger partial charge >= 0.3 is 5.97 Å². The third-order valence-electron chi connectivity index (χ3n) is 3.58. The molecule has 0 aromatic heterocycles. The van der Waals surface area contributed by atoms with E-state index in [4.69, 9.17) is 28.6 Å². The normalized spacial score (nSPS) is 15.6. The lowest BCUT2D eigenvalue weighted by Gasteiger charge is -2.14. The minimum Gasteiger partial charge on any atom is -0.462 e. The summed E-state index contributed by atoms with van der Waals surface area (Å²) in [6.07, 6.45) is 1.75. The molecule has 2 aromatic carbocycles. The van der Waals surface area contributed by atoms with Crippen molar-refractivity contribution in [1.29, 1.82) is 0 Å². The summed E-state index contributed by atoms with van der Waals surface area (Å²) in [6.45, 7) is 2.08. The van der Waals surface area contributed by atoms with Crippen molar-refractivity contribution in [3.63, 3.8) is 0 Å². The van der Waals surface area contributed by atoms with Crippen LogP contribution >= 0.6 is 35.6 Å². The molecule has 1 aliphatic heterocycles. The maximum absolute atomic E-state index is 12.7. The Morgan fingerprint density at radius 1 is 1.27 bits per heavy atom. The lowest BCUT2D eigenvalue weighted by Crippen LogP contribution is -2.27. The standard InChI is InChI=1S/C19H14ClNO3S2/c1-2-24-18(23)13-8-6-12(7-9-13)10-16-17(22)21(19(25)26-16)15-5-3-4-14(20)11-15/h3-11H,2H2,1H3/b16-10-. The number of thioether (sulfide) groups is 1. The zero-order valence-corrected chi connectivity index (χ0v) is 16.2. The van der Waals surface area contributed by atoms with Crippen molar-refractivity contribution in [3.8, 4) is 0 Å². The van der Waals surface area contributed by atoms with Crippen molar-refractivity contribution >= 4 is 63.5 Å². The van der Waals surface area contributed by atoms with Crippen LogP contribution in [0.5, 0.6) is 0 Å². The highest BCUT2D eigenvalue weighted by molar-refractivity contribution is 8.27. The molecule has 2 aromatic rings. The van der Waals surface area contributed by atoms with Crippen molar-refractivity contribution < 1.29 is 14.3 Å². The van der Waals surface area contributed by atoms with Crippen LogP contribution in [-0.4, -0.2) is 22.8 Å². The third-order valence-corrected chi connectivity index (χ3v) is 5.12. The van der Waals surface area contributed by atoms with E-state index < -0.39 is 0 Å². The maximum atomic E-state index is 12.7. The summed E-state index contributed by atoms with van der Waals surface area (Å²) in [4.78, 5) is 26.4. The van der Waals surface area contributed by atoms with Gasteiger partial charge in [0.25, 0.3) is 5.91 Å². The molecular formula is C19H14ClNO3S2. The summed E-state index contributed by atoms with van der Waals surface area (Å²) in [7, 11) is 0. The number of carbonyl (C=O) groups excluding carboxylic acids is 2. The molecule has 132 valence electrons. The molecule has 0 saturated carbocycles. The fraction of sp³-hybridized carbons (Fsp3) is 0.105. The highest BCUT2D eigenvalue weighted by Crippen LogP contribution is 2.36. The van der Waals surface area contributed by atoms with Crippen LogP contribution in [0.4, 0.5) is 5.69 Å². The Morgan fingerprint density at radius 3 is 2.65 bits per heavy atom. The fourth-order valence-corrected chi connectivity index (χ4v) is 3.87. The topological polar surface area (TPSA) is 46.6 Å². The highest BCUT2D eigenvalue weighted by atomic mass is 35.5. The number of carbonyl (C=O) groups is 2. The molecule has 0 unspecified atom stereocenters. The van der Waals surface area contributed by atoms with Gasteiger partial charge in [-0.1, -0.05) is 53.8 Å². The van der Waals surface area contributed by atoms with Gasteiger partial charge in [0.15, 0.2) is 4.32 Å². The highest BCUT2D eigenvalue weighted by Gasteiger charge is 2.33. The number of rotatable bonds is 4. The van der Waals surface area contributed by atoms with Gasteiger partial charge in [-0.15, -0.1) is 0 Å². The molecule has 4 nitrogen and oxygen atoms in total. The Hall–Kier alpha value is -2.15. The first-order chi connectivity index (χ1) is 12.5. The second-order valence-electron chi connectivity index (χ2n) is 5.34. The average Bonchev–Trinajstić information content (AvgIpc) is 2.89. The van der Waals surface area contributed by atoms with Gasteiger partial charge in [0.1, 0.15) is 0 Å². The summed E-state index contributed by atoms with van der Waals surface area (Å²) in [5, 5.41) is 0.537. The fourth-order valence-electron chi connectivity index (χ4n) is 2.39. The van der Waals surface area contributed by atoms with Crippen molar-refractivity contribution in [3.05, 3.63) is 69.6 Å². The monoisotopic (exact) mass is 403 g/mol. The van der Waals surface area contributed by atoms with Gasteiger partial charge in [-0.2, -0.15) is 0 Å². The van der Waals surface area contributed by atoms with Crippen LogP contribution in [-0.2, 0) is 9.53 Å². The van der Waals surface area contributed by atoms with E-state index in [9.17, 15) is 9.59 Å². The molecule has 1 heterocycles. The number of halogens is 1. The number of hydrogen-bond donors (Lipinski definition) is 0. The molecule has 0 aliphatic carbocycles. The number of amides is 1. The molecule has 1 saturated heterocycles. The molecule has 1 amide bonds. The van der Waals surface area contributed by atoms with Gasteiger partial charge in [0, 0.05) is 5.02 Å². The lowest BCUT2D eigenvalue weighted by molar-refractivity contribution is -0.113. The molecule has 0 atom stereocenters. The van der Waals surface area contributed by atoms with Crippen LogP contribution in [0.15, 0.2) is 53.4 Å². The van der Waals surface area contributed by atoms with Crippen molar-refractivity contribution in [2.24, 2.45) is 0 Å². The average molecular weight is 404 g/mol. The predicted molar refractivity (Wildman–Crippen MR) is 110 cm³/mol. The van der Waals surface area contributed by atoms with E-state index in [0.717, 1.165) is 5.56 Å². The van der Waals surface area contributed by atoms with Crippen molar-refractivity contribution in [1.82, 2.24) is 0 Å². The first-order valence-corrected chi connectivity index (χ1v) is 9.40. The van der Waals surface area contributed by atoms with E-state index in [2.05, 4.69) is 0 Å². The molecule has 3 rings (SSSR count). The molecule has 0 bridgehead atoms. The zero-order valence-electron chi connectivity index (χ0n) is 13.8. The number of esters is 1. The van der Waals surface area contributed by atoms with Gasteiger partial charge in [-0.3, -0.25) is 9.69 Å². The molecule has 1 aliphatic rings. The predicted octanol–water partition coefficient (Wildman–Crippen LogP) is 4.92. The summed E-state index contributed by atoms with van der Waals surface area (Å²) in [6, 6.07) is 13.9. The molecule has 0 N–H and O–H groups in total. The Morgan fingerprint density at radius 2 is 2.00 bits per heavy atom. The number of nitrogens with zero attached hydrogens (tertiary/aromatic N) is 1. The van der Waals surface area contributed by atoms with Gasteiger partial charge in [0.05, 0.1) is 22.8 Å². The van der Waals surface area contributed by atoms with Gasteiger partial charge < -0.3 is 4.74 Å². The Labute approximate surface area is 165 Å². The lowest BCUT2D eigenvalue weighted by atomic mass is 10.1. The van der Waals surface area contributed by atoms with Crippen LogP contribution in [0.25, 0.3) is 6.08 Å². The number of ether oxygens (including phenoxy) is 1. The Bertz CT molecular complexity index is 909. The third kappa shape index (κ3) is 3.98. The molecule has 1 fully saturated rings. The van der Waals surface area contributed by atoms with E-state index in [0.29, 0.717) is 32.1 Å². The first kappa shape index (κ1) is 18.6. The molecule has 26 heavy (non-hydrogen) atoms. The molecule has 0 radical (unpaired) electrons. The maximum Gasteiger partial charge on any atom is 0.338 e. The van der Waals surface area contributed by atoms with Crippen LogP contribution in [0.3, 0.4) is 0 Å². The van der Waals surface area contributed by atoms with Crippen LogP contribution in [0.1, 0.15) is 22.8 Å². The van der Waals surface area contributed by atoms with E-state index in [1.807, 2.05) is 0 Å². The second kappa shape index (κ2) is 8.03. The number of benzene rings is 2. The summed E-state index contributed by atoms with van der Waals surface area (Å²) >= 11 is 12.6. The number of hydrogen-bond acceptors (Lipinski definition) is 5. The quantitative estimate of drug-likeness (QED) is 0.412. The zero-order chi connectivity index (χ0) is 18.7. The van der Waals surface area contributed by atoms with Gasteiger partial charge in [0.2, 0.25) is 0 Å². The van der Waals surface area contributed by atoms with E-state index >= 15 is 0 Å². The van der Waals surface area contributed by atoms with E-state index in [-0.39, 0.29) is 11.9 Å². The van der Waals surface area contributed by atoms with Gasteiger partial charge in [-0.25, -0.2) is 4.79 Å². The molecule has 7 heteroatoms. The Kier molecular flexibility index (Phi) is 5.76. The summed E-state index contributed by atoms with van der Waals surface area (Å²) < 4.78 is 5.41.